The molecule has 1 aliphatic heterocycles. The Hall–Kier alpha value is -0.160. The van der Waals surface area contributed by atoms with Crippen molar-refractivity contribution in [3.05, 3.63) is 0 Å². The second kappa shape index (κ2) is 3.30. The summed E-state index contributed by atoms with van der Waals surface area (Å²) in [7, 11) is 0. The normalized spacial score (nSPS) is 41.7. The zero-order valence-corrected chi connectivity index (χ0v) is 5.60. The molecule has 0 amide bonds. The standard InChI is InChI=1S/C6H12O4/c7-3-5-1-4(8)2-6(9)10-5/h4-9H,1-3H2/t4?,5?,6-/m0/s1. The zero-order valence-electron chi connectivity index (χ0n) is 5.60. The van der Waals surface area contributed by atoms with Gasteiger partial charge in [-0.15, -0.1) is 0 Å². The van der Waals surface area contributed by atoms with Crippen LogP contribution in [0.15, 0.2) is 0 Å². The van der Waals surface area contributed by atoms with Gasteiger partial charge in [0.25, 0.3) is 0 Å². The fourth-order valence-electron chi connectivity index (χ4n) is 1.08. The largest absolute Gasteiger partial charge is 0.394 e. The Morgan fingerprint density at radius 1 is 1.30 bits per heavy atom. The van der Waals surface area contributed by atoms with Gasteiger partial charge in [-0.3, -0.25) is 0 Å². The van der Waals surface area contributed by atoms with Crippen LogP contribution in [-0.4, -0.2) is 40.4 Å². The molecule has 0 aromatic rings. The van der Waals surface area contributed by atoms with Gasteiger partial charge >= 0.3 is 0 Å². The third kappa shape index (κ3) is 1.91. The van der Waals surface area contributed by atoms with Crippen LogP contribution in [0.5, 0.6) is 0 Å². The summed E-state index contributed by atoms with van der Waals surface area (Å²) in [5.74, 6) is 0. The third-order valence-electron chi connectivity index (χ3n) is 1.56. The van der Waals surface area contributed by atoms with Gasteiger partial charge in [-0.05, 0) is 0 Å². The summed E-state index contributed by atoms with van der Waals surface area (Å²) in [5, 5.41) is 26.5. The van der Waals surface area contributed by atoms with E-state index in [9.17, 15) is 0 Å². The van der Waals surface area contributed by atoms with Crippen LogP contribution in [-0.2, 0) is 4.74 Å². The van der Waals surface area contributed by atoms with Crippen LogP contribution in [0.2, 0.25) is 0 Å². The van der Waals surface area contributed by atoms with E-state index in [1.54, 1.807) is 0 Å². The predicted octanol–water partition coefficient (Wildman–Crippen LogP) is -1.16. The number of aliphatic hydroxyl groups excluding tert-OH is 3. The molecule has 1 rings (SSSR count). The second-order valence-corrected chi connectivity index (χ2v) is 2.52. The SMILES string of the molecule is OCC1CC(O)C[C@@H](O)O1. The minimum absolute atomic E-state index is 0.145. The van der Waals surface area contributed by atoms with Crippen molar-refractivity contribution in [1.29, 1.82) is 0 Å². The molecule has 0 saturated carbocycles. The van der Waals surface area contributed by atoms with Gasteiger partial charge < -0.3 is 20.1 Å². The van der Waals surface area contributed by atoms with Crippen LogP contribution in [0.4, 0.5) is 0 Å². The highest BCUT2D eigenvalue weighted by Gasteiger charge is 2.25. The Morgan fingerprint density at radius 2 is 2.00 bits per heavy atom. The fraction of sp³-hybridized carbons (Fsp3) is 1.00. The Kier molecular flexibility index (Phi) is 2.62. The molecule has 60 valence electrons. The van der Waals surface area contributed by atoms with Gasteiger partial charge in [-0.1, -0.05) is 0 Å². The van der Waals surface area contributed by atoms with E-state index in [0.29, 0.717) is 6.42 Å². The van der Waals surface area contributed by atoms with Gasteiger partial charge in [0, 0.05) is 12.8 Å². The molecule has 4 heteroatoms. The highest BCUT2D eigenvalue weighted by molar-refractivity contribution is 4.71. The molecule has 0 aliphatic carbocycles. The number of hydrogen-bond donors (Lipinski definition) is 3. The van der Waals surface area contributed by atoms with Crippen LogP contribution >= 0.6 is 0 Å². The lowest BCUT2D eigenvalue weighted by atomic mass is 10.1. The summed E-state index contributed by atoms with van der Waals surface area (Å²) >= 11 is 0. The maximum absolute atomic E-state index is 9.03. The minimum Gasteiger partial charge on any atom is -0.394 e. The Labute approximate surface area is 59.1 Å². The van der Waals surface area contributed by atoms with Crippen molar-refractivity contribution >= 4 is 0 Å². The van der Waals surface area contributed by atoms with E-state index in [2.05, 4.69) is 0 Å². The van der Waals surface area contributed by atoms with Gasteiger partial charge in [-0.2, -0.15) is 0 Å². The van der Waals surface area contributed by atoms with Gasteiger partial charge in [0.1, 0.15) is 0 Å². The van der Waals surface area contributed by atoms with Crippen molar-refractivity contribution in [3.8, 4) is 0 Å². The summed E-state index contributed by atoms with van der Waals surface area (Å²) in [6, 6.07) is 0. The van der Waals surface area contributed by atoms with Gasteiger partial charge in [0.2, 0.25) is 0 Å². The molecule has 3 atom stereocenters. The van der Waals surface area contributed by atoms with Crippen molar-refractivity contribution in [3.63, 3.8) is 0 Å². The summed E-state index contributed by atoms with van der Waals surface area (Å²) in [4.78, 5) is 0. The maximum atomic E-state index is 9.03. The third-order valence-corrected chi connectivity index (χ3v) is 1.56. The van der Waals surface area contributed by atoms with E-state index < -0.39 is 18.5 Å². The lowest BCUT2D eigenvalue weighted by molar-refractivity contribution is -0.197. The average Bonchev–Trinajstić information content (AvgIpc) is 1.85. The predicted molar refractivity (Wildman–Crippen MR) is 33.2 cm³/mol. The van der Waals surface area contributed by atoms with Crippen molar-refractivity contribution in [2.75, 3.05) is 6.61 Å². The Balaban J connectivity index is 2.35. The number of ether oxygens (including phenoxy) is 1. The summed E-state index contributed by atoms with van der Waals surface area (Å²) < 4.78 is 4.85. The lowest BCUT2D eigenvalue weighted by Gasteiger charge is -2.28. The topological polar surface area (TPSA) is 69.9 Å². The minimum atomic E-state index is -0.916. The highest BCUT2D eigenvalue weighted by Crippen LogP contribution is 2.17. The monoisotopic (exact) mass is 148 g/mol. The maximum Gasteiger partial charge on any atom is 0.157 e. The molecular weight excluding hydrogens is 136 g/mol. The van der Waals surface area contributed by atoms with Crippen molar-refractivity contribution in [1.82, 2.24) is 0 Å². The van der Waals surface area contributed by atoms with E-state index in [-0.39, 0.29) is 13.0 Å². The van der Waals surface area contributed by atoms with E-state index in [0.717, 1.165) is 0 Å². The molecule has 0 aromatic carbocycles. The molecule has 0 aromatic heterocycles. The highest BCUT2D eigenvalue weighted by atomic mass is 16.6. The smallest absolute Gasteiger partial charge is 0.157 e. The zero-order chi connectivity index (χ0) is 7.56. The van der Waals surface area contributed by atoms with Crippen molar-refractivity contribution in [2.45, 2.75) is 31.3 Å². The first-order chi connectivity index (χ1) is 4.72. The van der Waals surface area contributed by atoms with Gasteiger partial charge in [-0.25, -0.2) is 0 Å². The second-order valence-electron chi connectivity index (χ2n) is 2.52. The van der Waals surface area contributed by atoms with E-state index >= 15 is 0 Å². The molecule has 0 spiro atoms. The van der Waals surface area contributed by atoms with Crippen molar-refractivity contribution < 1.29 is 20.1 Å². The number of rotatable bonds is 1. The number of hydrogen-bond acceptors (Lipinski definition) is 4. The van der Waals surface area contributed by atoms with Crippen LogP contribution in [0.3, 0.4) is 0 Å². The van der Waals surface area contributed by atoms with Crippen molar-refractivity contribution in [2.24, 2.45) is 0 Å². The van der Waals surface area contributed by atoms with Crippen LogP contribution < -0.4 is 0 Å². The van der Waals surface area contributed by atoms with Gasteiger partial charge in [0.05, 0.1) is 18.8 Å². The van der Waals surface area contributed by atoms with Crippen LogP contribution in [0.25, 0.3) is 0 Å². The molecule has 0 bridgehead atoms. The first-order valence-corrected chi connectivity index (χ1v) is 3.35. The Bertz CT molecular complexity index is 95.9. The average molecular weight is 148 g/mol. The van der Waals surface area contributed by atoms with E-state index in [1.807, 2.05) is 0 Å². The quantitative estimate of drug-likeness (QED) is 0.438. The molecule has 0 radical (unpaired) electrons. The molecule has 3 N–H and O–H groups in total. The summed E-state index contributed by atoms with van der Waals surface area (Å²) in [5.41, 5.74) is 0. The molecule has 10 heavy (non-hydrogen) atoms. The molecule has 4 nitrogen and oxygen atoms in total. The summed E-state index contributed by atoms with van der Waals surface area (Å²) in [6.45, 7) is -0.145. The first kappa shape index (κ1) is 7.94. The number of aliphatic hydroxyl groups is 3. The molecular formula is C6H12O4. The molecule has 1 saturated heterocycles. The molecule has 1 aliphatic rings. The van der Waals surface area contributed by atoms with Gasteiger partial charge in [0.15, 0.2) is 6.29 Å². The van der Waals surface area contributed by atoms with E-state index in [1.165, 1.54) is 0 Å². The van der Waals surface area contributed by atoms with E-state index in [4.69, 9.17) is 20.1 Å². The lowest BCUT2D eigenvalue weighted by Crippen LogP contribution is -2.37. The molecule has 1 fully saturated rings. The fourth-order valence-corrected chi connectivity index (χ4v) is 1.08. The van der Waals surface area contributed by atoms with Crippen LogP contribution in [0, 0.1) is 0 Å². The molecule has 2 unspecified atom stereocenters. The first-order valence-electron chi connectivity index (χ1n) is 3.35. The summed E-state index contributed by atoms with van der Waals surface area (Å²) in [6.07, 6.45) is -1.20. The molecule has 1 heterocycles. The van der Waals surface area contributed by atoms with Crippen LogP contribution in [0.1, 0.15) is 12.8 Å². The Morgan fingerprint density at radius 3 is 2.50 bits per heavy atom.